The molecule has 0 fully saturated rings. The van der Waals surface area contributed by atoms with Gasteiger partial charge in [-0.1, -0.05) is 18.2 Å². The second-order valence-corrected chi connectivity index (χ2v) is 4.98. The van der Waals surface area contributed by atoms with E-state index in [1.54, 1.807) is 12.1 Å². The molecule has 2 aromatic carbocycles. The van der Waals surface area contributed by atoms with E-state index in [1.165, 1.54) is 19.2 Å². The minimum absolute atomic E-state index is 0.00301. The average Bonchev–Trinajstić information content (AvgIpc) is 2.81. The molecule has 104 valence electrons. The van der Waals surface area contributed by atoms with Crippen molar-refractivity contribution >= 4 is 0 Å². The molecule has 0 unspecified atom stereocenters. The van der Waals surface area contributed by atoms with Crippen molar-refractivity contribution in [3.05, 3.63) is 53.1 Å². The Morgan fingerprint density at radius 1 is 1.20 bits per heavy atom. The molecule has 4 heteroatoms. The number of hydrogen-bond donors (Lipinski definition) is 1. The standard InChI is InChI=1S/C16H15F2NO/c1-20-9-7-13(17)16(14(18)8-9)12-4-2-3-11-10(12)5-6-15(11)19/h2-4,7-8,15H,5-6,19H2,1H3/t15-/m1/s1. The minimum Gasteiger partial charge on any atom is -0.497 e. The molecule has 0 heterocycles. The van der Waals surface area contributed by atoms with E-state index in [1.807, 2.05) is 6.07 Å². The fourth-order valence-electron chi connectivity index (χ4n) is 2.85. The minimum atomic E-state index is -0.615. The summed E-state index contributed by atoms with van der Waals surface area (Å²) in [6.07, 6.45) is 1.56. The van der Waals surface area contributed by atoms with E-state index in [9.17, 15) is 8.78 Å². The number of hydrogen-bond acceptors (Lipinski definition) is 2. The van der Waals surface area contributed by atoms with Crippen molar-refractivity contribution in [2.45, 2.75) is 18.9 Å². The van der Waals surface area contributed by atoms with Crippen molar-refractivity contribution < 1.29 is 13.5 Å². The molecule has 2 nitrogen and oxygen atoms in total. The Morgan fingerprint density at radius 3 is 2.55 bits per heavy atom. The normalized spacial score (nSPS) is 17.1. The zero-order valence-corrected chi connectivity index (χ0v) is 11.1. The van der Waals surface area contributed by atoms with Gasteiger partial charge in [-0.15, -0.1) is 0 Å². The van der Waals surface area contributed by atoms with E-state index < -0.39 is 11.6 Å². The predicted octanol–water partition coefficient (Wildman–Crippen LogP) is 3.59. The summed E-state index contributed by atoms with van der Waals surface area (Å²) in [5, 5.41) is 0. The molecule has 20 heavy (non-hydrogen) atoms. The number of nitrogens with two attached hydrogens (primary N) is 1. The number of benzene rings is 2. The molecule has 1 aliphatic carbocycles. The maximum Gasteiger partial charge on any atom is 0.137 e. The number of rotatable bonds is 2. The second kappa shape index (κ2) is 4.87. The molecule has 0 aliphatic heterocycles. The van der Waals surface area contributed by atoms with Gasteiger partial charge in [-0.25, -0.2) is 8.78 Å². The molecule has 1 aliphatic rings. The molecular formula is C16H15F2NO. The third kappa shape index (κ3) is 1.96. The highest BCUT2D eigenvalue weighted by Crippen LogP contribution is 2.39. The third-order valence-corrected chi connectivity index (χ3v) is 3.84. The van der Waals surface area contributed by atoms with Crippen molar-refractivity contribution in [2.75, 3.05) is 7.11 Å². The molecule has 0 amide bonds. The average molecular weight is 275 g/mol. The molecule has 3 rings (SSSR count). The van der Waals surface area contributed by atoms with Gasteiger partial charge in [0.05, 0.1) is 12.7 Å². The first-order chi connectivity index (χ1) is 9.61. The van der Waals surface area contributed by atoms with Crippen molar-refractivity contribution in [3.8, 4) is 16.9 Å². The van der Waals surface area contributed by atoms with E-state index in [4.69, 9.17) is 10.5 Å². The summed E-state index contributed by atoms with van der Waals surface area (Å²) in [5.74, 6) is -1.06. The molecule has 2 aromatic rings. The van der Waals surface area contributed by atoms with Gasteiger partial charge in [0.2, 0.25) is 0 Å². The van der Waals surface area contributed by atoms with E-state index in [2.05, 4.69) is 0 Å². The summed E-state index contributed by atoms with van der Waals surface area (Å²) in [6, 6.07) is 7.82. The van der Waals surface area contributed by atoms with E-state index in [0.29, 0.717) is 5.56 Å². The maximum atomic E-state index is 14.2. The lowest BCUT2D eigenvalue weighted by Gasteiger charge is -2.12. The van der Waals surface area contributed by atoms with Crippen LogP contribution in [0.3, 0.4) is 0 Å². The Balaban J connectivity index is 2.20. The van der Waals surface area contributed by atoms with E-state index in [0.717, 1.165) is 24.0 Å². The molecule has 0 saturated carbocycles. The lowest BCUT2D eigenvalue weighted by molar-refractivity contribution is 0.407. The van der Waals surface area contributed by atoms with Crippen LogP contribution >= 0.6 is 0 Å². The summed E-state index contributed by atoms with van der Waals surface area (Å²) < 4.78 is 33.3. The van der Waals surface area contributed by atoms with Crippen LogP contribution in [-0.2, 0) is 6.42 Å². The monoisotopic (exact) mass is 275 g/mol. The van der Waals surface area contributed by atoms with E-state index in [-0.39, 0.29) is 17.4 Å². The third-order valence-electron chi connectivity index (χ3n) is 3.84. The molecule has 0 saturated heterocycles. The Hall–Kier alpha value is -1.94. The van der Waals surface area contributed by atoms with Crippen molar-refractivity contribution in [1.29, 1.82) is 0 Å². The molecule has 0 radical (unpaired) electrons. The number of fused-ring (bicyclic) bond motifs is 1. The largest absolute Gasteiger partial charge is 0.497 e. The topological polar surface area (TPSA) is 35.2 Å². The van der Waals surface area contributed by atoms with Crippen LogP contribution in [0, 0.1) is 11.6 Å². The quantitative estimate of drug-likeness (QED) is 0.909. The molecular weight excluding hydrogens is 260 g/mol. The van der Waals surface area contributed by atoms with Crippen molar-refractivity contribution in [1.82, 2.24) is 0 Å². The number of methoxy groups -OCH3 is 1. The highest BCUT2D eigenvalue weighted by molar-refractivity contribution is 5.71. The van der Waals surface area contributed by atoms with Gasteiger partial charge in [-0.2, -0.15) is 0 Å². The first-order valence-electron chi connectivity index (χ1n) is 6.52. The van der Waals surface area contributed by atoms with Crippen LogP contribution in [-0.4, -0.2) is 7.11 Å². The Morgan fingerprint density at radius 2 is 1.90 bits per heavy atom. The lowest BCUT2D eigenvalue weighted by Crippen LogP contribution is -2.05. The van der Waals surface area contributed by atoms with Crippen LogP contribution in [0.4, 0.5) is 8.78 Å². The molecule has 0 aromatic heterocycles. The van der Waals surface area contributed by atoms with Crippen LogP contribution in [0.15, 0.2) is 30.3 Å². The van der Waals surface area contributed by atoms with Gasteiger partial charge in [0.15, 0.2) is 0 Å². The van der Waals surface area contributed by atoms with Crippen LogP contribution in [0.1, 0.15) is 23.6 Å². The van der Waals surface area contributed by atoms with Crippen LogP contribution in [0.2, 0.25) is 0 Å². The molecule has 0 spiro atoms. The summed E-state index contributed by atoms with van der Waals surface area (Å²) in [6.45, 7) is 0. The predicted molar refractivity (Wildman–Crippen MR) is 73.6 cm³/mol. The van der Waals surface area contributed by atoms with Gasteiger partial charge >= 0.3 is 0 Å². The first-order valence-corrected chi connectivity index (χ1v) is 6.52. The highest BCUT2D eigenvalue weighted by Gasteiger charge is 2.24. The number of halogens is 2. The van der Waals surface area contributed by atoms with Gasteiger partial charge in [-0.3, -0.25) is 0 Å². The zero-order chi connectivity index (χ0) is 14.3. The fraction of sp³-hybridized carbons (Fsp3) is 0.250. The Labute approximate surface area is 116 Å². The summed E-state index contributed by atoms with van der Waals surface area (Å²) in [5.41, 5.74) is 8.53. The van der Waals surface area contributed by atoms with Crippen molar-refractivity contribution in [2.24, 2.45) is 5.73 Å². The maximum absolute atomic E-state index is 14.2. The van der Waals surface area contributed by atoms with Gasteiger partial charge in [0.25, 0.3) is 0 Å². The van der Waals surface area contributed by atoms with Gasteiger partial charge in [0.1, 0.15) is 17.4 Å². The van der Waals surface area contributed by atoms with Gasteiger partial charge in [0, 0.05) is 18.2 Å². The summed E-state index contributed by atoms with van der Waals surface area (Å²) in [7, 11) is 1.38. The Bertz CT molecular complexity index is 647. The van der Waals surface area contributed by atoms with E-state index >= 15 is 0 Å². The zero-order valence-electron chi connectivity index (χ0n) is 11.1. The first kappa shape index (κ1) is 13.1. The smallest absolute Gasteiger partial charge is 0.137 e. The highest BCUT2D eigenvalue weighted by atomic mass is 19.1. The second-order valence-electron chi connectivity index (χ2n) is 4.98. The fourth-order valence-corrected chi connectivity index (χ4v) is 2.85. The summed E-state index contributed by atoms with van der Waals surface area (Å²) in [4.78, 5) is 0. The number of ether oxygens (including phenoxy) is 1. The van der Waals surface area contributed by atoms with Crippen LogP contribution < -0.4 is 10.5 Å². The van der Waals surface area contributed by atoms with Crippen LogP contribution in [0.5, 0.6) is 5.75 Å². The molecule has 1 atom stereocenters. The van der Waals surface area contributed by atoms with Gasteiger partial charge in [-0.05, 0) is 29.5 Å². The SMILES string of the molecule is COc1cc(F)c(-c2cccc3c2CC[C@H]3N)c(F)c1. The lowest BCUT2D eigenvalue weighted by atomic mass is 9.95. The Kier molecular flexibility index (Phi) is 3.18. The molecule has 0 bridgehead atoms. The van der Waals surface area contributed by atoms with Crippen molar-refractivity contribution in [3.63, 3.8) is 0 Å². The molecule has 2 N–H and O–H groups in total. The van der Waals surface area contributed by atoms with Gasteiger partial charge < -0.3 is 10.5 Å². The van der Waals surface area contributed by atoms with Crippen LogP contribution in [0.25, 0.3) is 11.1 Å². The summed E-state index contributed by atoms with van der Waals surface area (Å²) >= 11 is 0.